The zero-order valence-corrected chi connectivity index (χ0v) is 10.6. The van der Waals surface area contributed by atoms with E-state index >= 15 is 0 Å². The Bertz CT molecular complexity index is 774. The van der Waals surface area contributed by atoms with Crippen molar-refractivity contribution in [3.63, 3.8) is 0 Å². The fourth-order valence-electron chi connectivity index (χ4n) is 1.80. The largest absolute Gasteiger partial charge is 0.270 e. The van der Waals surface area contributed by atoms with E-state index in [0.29, 0.717) is 16.8 Å². The summed E-state index contributed by atoms with van der Waals surface area (Å²) in [6, 6.07) is 9.36. The van der Waals surface area contributed by atoms with Crippen molar-refractivity contribution in [3.05, 3.63) is 56.4 Å². The first kappa shape index (κ1) is 13.4. The molecular weight excluding hydrogens is 260 g/mol. The van der Waals surface area contributed by atoms with E-state index in [1.165, 1.54) is 25.2 Å². The highest BCUT2D eigenvalue weighted by Gasteiger charge is 2.11. The van der Waals surface area contributed by atoms with Gasteiger partial charge in [0.05, 0.1) is 23.1 Å². The van der Waals surface area contributed by atoms with Crippen LogP contribution in [0.25, 0.3) is 11.3 Å². The van der Waals surface area contributed by atoms with Gasteiger partial charge in [-0.1, -0.05) is 12.1 Å². The molecule has 20 heavy (non-hydrogen) atoms. The van der Waals surface area contributed by atoms with Gasteiger partial charge in [0.1, 0.15) is 0 Å². The van der Waals surface area contributed by atoms with Crippen LogP contribution in [0.15, 0.2) is 35.1 Å². The molecule has 0 N–H and O–H groups in total. The molecule has 1 aromatic heterocycles. The quantitative estimate of drug-likeness (QED) is 0.620. The van der Waals surface area contributed by atoms with Crippen LogP contribution in [0.4, 0.5) is 5.69 Å². The van der Waals surface area contributed by atoms with Gasteiger partial charge in [-0.2, -0.15) is 10.4 Å². The lowest BCUT2D eigenvalue weighted by Gasteiger charge is -2.05. The van der Waals surface area contributed by atoms with Gasteiger partial charge in [-0.25, -0.2) is 4.68 Å². The van der Waals surface area contributed by atoms with Gasteiger partial charge in [0.15, 0.2) is 0 Å². The molecule has 7 heteroatoms. The Morgan fingerprint density at radius 2 is 2.20 bits per heavy atom. The second kappa shape index (κ2) is 5.32. The molecule has 0 fully saturated rings. The molecule has 0 unspecified atom stereocenters. The van der Waals surface area contributed by atoms with Gasteiger partial charge < -0.3 is 0 Å². The zero-order chi connectivity index (χ0) is 14.7. The number of nitriles is 1. The number of aryl methyl sites for hydroxylation is 1. The van der Waals surface area contributed by atoms with Crippen molar-refractivity contribution in [2.24, 2.45) is 7.05 Å². The predicted octanol–water partition coefficient (Wildman–Crippen LogP) is 1.42. The molecule has 0 aliphatic heterocycles. The molecule has 0 saturated heterocycles. The Balaban J connectivity index is 2.59. The first-order chi connectivity index (χ1) is 9.52. The van der Waals surface area contributed by atoms with E-state index in [1.54, 1.807) is 12.1 Å². The van der Waals surface area contributed by atoms with Crippen molar-refractivity contribution in [2.45, 2.75) is 6.42 Å². The molecule has 1 heterocycles. The summed E-state index contributed by atoms with van der Waals surface area (Å²) < 4.78 is 1.13. The van der Waals surface area contributed by atoms with E-state index < -0.39 is 4.92 Å². The molecule has 0 saturated carbocycles. The van der Waals surface area contributed by atoms with Crippen LogP contribution < -0.4 is 5.56 Å². The number of non-ortho nitro benzene ring substituents is 1. The maximum Gasteiger partial charge on any atom is 0.270 e. The minimum Gasteiger partial charge on any atom is -0.267 e. The fourth-order valence-corrected chi connectivity index (χ4v) is 1.80. The summed E-state index contributed by atoms with van der Waals surface area (Å²) in [5.74, 6) is 0. The second-order valence-corrected chi connectivity index (χ2v) is 4.13. The summed E-state index contributed by atoms with van der Waals surface area (Å²) in [5.41, 5.74) is 0.849. The number of nitro benzene ring substituents is 1. The Morgan fingerprint density at radius 1 is 1.45 bits per heavy atom. The van der Waals surface area contributed by atoms with E-state index in [1.807, 2.05) is 6.07 Å². The predicted molar refractivity (Wildman–Crippen MR) is 70.9 cm³/mol. The van der Waals surface area contributed by atoms with Crippen molar-refractivity contribution in [1.82, 2.24) is 9.78 Å². The molecule has 0 radical (unpaired) electrons. The van der Waals surface area contributed by atoms with Crippen molar-refractivity contribution >= 4 is 5.69 Å². The number of rotatable bonds is 3. The summed E-state index contributed by atoms with van der Waals surface area (Å²) in [4.78, 5) is 22.0. The monoisotopic (exact) mass is 270 g/mol. The number of hydrogen-bond donors (Lipinski definition) is 0. The van der Waals surface area contributed by atoms with Crippen LogP contribution in [-0.2, 0) is 13.5 Å². The zero-order valence-electron chi connectivity index (χ0n) is 10.6. The van der Waals surface area contributed by atoms with Crippen LogP contribution in [0.2, 0.25) is 0 Å². The van der Waals surface area contributed by atoms with Crippen LogP contribution >= 0.6 is 0 Å². The van der Waals surface area contributed by atoms with Crippen LogP contribution in [0.1, 0.15) is 5.56 Å². The Kier molecular flexibility index (Phi) is 3.57. The van der Waals surface area contributed by atoms with E-state index in [4.69, 9.17) is 5.26 Å². The van der Waals surface area contributed by atoms with Crippen LogP contribution in [0.5, 0.6) is 0 Å². The summed E-state index contributed by atoms with van der Waals surface area (Å²) in [7, 11) is 1.48. The molecule has 0 aliphatic rings. The van der Waals surface area contributed by atoms with Gasteiger partial charge in [0.2, 0.25) is 0 Å². The van der Waals surface area contributed by atoms with Gasteiger partial charge >= 0.3 is 0 Å². The van der Waals surface area contributed by atoms with Crippen molar-refractivity contribution < 1.29 is 4.92 Å². The maximum absolute atomic E-state index is 11.8. The normalized spacial score (nSPS) is 10.0. The standard InChI is InChI=1S/C13H10N4O3/c1-16-13(18)10(5-6-14)8-12(15-16)9-3-2-4-11(7-9)17(19)20/h2-4,7-8H,5H2,1H3. The second-order valence-electron chi connectivity index (χ2n) is 4.13. The fraction of sp³-hybridized carbons (Fsp3) is 0.154. The number of hydrogen-bond acceptors (Lipinski definition) is 5. The van der Waals surface area contributed by atoms with E-state index in [9.17, 15) is 14.9 Å². The third-order valence-corrected chi connectivity index (χ3v) is 2.76. The third-order valence-electron chi connectivity index (χ3n) is 2.76. The smallest absolute Gasteiger partial charge is 0.267 e. The van der Waals surface area contributed by atoms with Gasteiger partial charge in [-0.15, -0.1) is 0 Å². The summed E-state index contributed by atoms with van der Waals surface area (Å²) >= 11 is 0. The van der Waals surface area contributed by atoms with Crippen molar-refractivity contribution in [1.29, 1.82) is 5.26 Å². The Labute approximate surface area is 113 Å². The van der Waals surface area contributed by atoms with E-state index in [2.05, 4.69) is 5.10 Å². The molecule has 0 bridgehead atoms. The number of benzene rings is 1. The molecule has 2 aromatic rings. The highest BCUT2D eigenvalue weighted by atomic mass is 16.6. The molecular formula is C13H10N4O3. The molecule has 0 aliphatic carbocycles. The van der Waals surface area contributed by atoms with Gasteiger partial charge in [-0.05, 0) is 6.07 Å². The molecule has 100 valence electrons. The molecule has 0 spiro atoms. The number of aromatic nitrogens is 2. The van der Waals surface area contributed by atoms with Gasteiger partial charge in [0, 0.05) is 30.3 Å². The summed E-state index contributed by atoms with van der Waals surface area (Å²) in [6.07, 6.45) is -0.0306. The van der Waals surface area contributed by atoms with E-state index in [-0.39, 0.29) is 17.7 Å². The highest BCUT2D eigenvalue weighted by molar-refractivity contribution is 5.62. The van der Waals surface area contributed by atoms with Crippen molar-refractivity contribution in [3.8, 4) is 17.3 Å². The number of nitrogens with zero attached hydrogens (tertiary/aromatic N) is 4. The van der Waals surface area contributed by atoms with Gasteiger partial charge in [0.25, 0.3) is 11.2 Å². The minimum atomic E-state index is -0.498. The topological polar surface area (TPSA) is 102 Å². The lowest BCUT2D eigenvalue weighted by atomic mass is 10.1. The first-order valence-electron chi connectivity index (χ1n) is 5.72. The van der Waals surface area contributed by atoms with Crippen LogP contribution in [-0.4, -0.2) is 14.7 Å². The Morgan fingerprint density at radius 3 is 2.85 bits per heavy atom. The highest BCUT2D eigenvalue weighted by Crippen LogP contribution is 2.21. The average molecular weight is 270 g/mol. The van der Waals surface area contributed by atoms with Crippen LogP contribution in [0, 0.1) is 21.4 Å². The molecule has 2 rings (SSSR count). The van der Waals surface area contributed by atoms with Gasteiger partial charge in [-0.3, -0.25) is 14.9 Å². The molecule has 7 nitrogen and oxygen atoms in total. The SMILES string of the molecule is Cn1nc(-c2cccc([N+](=O)[O-])c2)cc(CC#N)c1=O. The summed E-state index contributed by atoms with van der Waals surface area (Å²) in [5, 5.41) is 23.5. The van der Waals surface area contributed by atoms with E-state index in [0.717, 1.165) is 4.68 Å². The third kappa shape index (κ3) is 2.54. The maximum atomic E-state index is 11.8. The lowest BCUT2D eigenvalue weighted by Crippen LogP contribution is -2.23. The molecule has 0 amide bonds. The van der Waals surface area contributed by atoms with Crippen LogP contribution in [0.3, 0.4) is 0 Å². The summed E-state index contributed by atoms with van der Waals surface area (Å²) in [6.45, 7) is 0. The minimum absolute atomic E-state index is 0.0306. The molecule has 0 atom stereocenters. The lowest BCUT2D eigenvalue weighted by molar-refractivity contribution is -0.384. The average Bonchev–Trinajstić information content (AvgIpc) is 2.44. The van der Waals surface area contributed by atoms with Crippen molar-refractivity contribution in [2.75, 3.05) is 0 Å². The number of nitro groups is 1. The first-order valence-corrected chi connectivity index (χ1v) is 5.72. The molecule has 1 aromatic carbocycles. The Hall–Kier alpha value is -3.01.